The molecule has 1 N–H and O–H groups in total. The fraction of sp³-hybridized carbons (Fsp3) is 0.412. The first kappa shape index (κ1) is 17.1. The average Bonchev–Trinajstić information content (AvgIpc) is 3.08. The summed E-state index contributed by atoms with van der Waals surface area (Å²) in [7, 11) is 0. The zero-order valence-electron chi connectivity index (χ0n) is 13.7. The van der Waals surface area contributed by atoms with E-state index in [-0.39, 0.29) is 12.3 Å². The summed E-state index contributed by atoms with van der Waals surface area (Å²) in [4.78, 5) is 24.9. The van der Waals surface area contributed by atoms with Crippen molar-refractivity contribution >= 4 is 11.9 Å². The van der Waals surface area contributed by atoms with Gasteiger partial charge in [0.25, 0.3) is 0 Å². The van der Waals surface area contributed by atoms with E-state index >= 15 is 0 Å². The first-order chi connectivity index (χ1) is 12.1. The zero-order chi connectivity index (χ0) is 17.6. The van der Waals surface area contributed by atoms with Gasteiger partial charge in [0.05, 0.1) is 19.1 Å². The van der Waals surface area contributed by atoms with Gasteiger partial charge in [0.1, 0.15) is 12.2 Å². The van der Waals surface area contributed by atoms with E-state index in [1.807, 2.05) is 34.9 Å². The van der Waals surface area contributed by atoms with E-state index in [1.165, 1.54) is 0 Å². The average molecular weight is 344 g/mol. The minimum Gasteiger partial charge on any atom is -0.481 e. The van der Waals surface area contributed by atoms with Crippen LogP contribution < -0.4 is 0 Å². The molecule has 2 heterocycles. The lowest BCUT2D eigenvalue weighted by atomic mass is 10.2. The number of carbonyl (C=O) groups is 2. The SMILES string of the molecule is O=C(O)C[C@H]1CN(C(=O)CCc2nncn2-c2ccccc2)CCO1. The topological polar surface area (TPSA) is 97.5 Å². The molecular formula is C17H20N4O4. The normalized spacial score (nSPS) is 17.4. The zero-order valence-corrected chi connectivity index (χ0v) is 13.7. The maximum atomic E-state index is 12.4. The van der Waals surface area contributed by atoms with Crippen molar-refractivity contribution in [3.05, 3.63) is 42.5 Å². The number of carboxylic acids is 1. The number of carboxylic acid groups (broad SMARTS) is 1. The third-order valence-corrected chi connectivity index (χ3v) is 4.11. The molecule has 132 valence electrons. The second kappa shape index (κ2) is 7.89. The van der Waals surface area contributed by atoms with Crippen molar-refractivity contribution < 1.29 is 19.4 Å². The number of benzene rings is 1. The van der Waals surface area contributed by atoms with Crippen LogP contribution in [0.2, 0.25) is 0 Å². The van der Waals surface area contributed by atoms with Crippen molar-refractivity contribution in [2.24, 2.45) is 0 Å². The van der Waals surface area contributed by atoms with Crippen LogP contribution in [0, 0.1) is 0 Å². The van der Waals surface area contributed by atoms with E-state index in [1.54, 1.807) is 11.2 Å². The third-order valence-electron chi connectivity index (χ3n) is 4.11. The Labute approximate surface area is 145 Å². The molecule has 1 aliphatic rings. The predicted octanol–water partition coefficient (Wildman–Crippen LogP) is 0.902. The summed E-state index contributed by atoms with van der Waals surface area (Å²) in [6, 6.07) is 9.70. The summed E-state index contributed by atoms with van der Waals surface area (Å²) < 4.78 is 7.26. The van der Waals surface area contributed by atoms with E-state index < -0.39 is 12.1 Å². The van der Waals surface area contributed by atoms with Crippen molar-refractivity contribution in [3.63, 3.8) is 0 Å². The minimum atomic E-state index is -0.921. The molecule has 2 aromatic rings. The van der Waals surface area contributed by atoms with Crippen LogP contribution in [0.1, 0.15) is 18.7 Å². The summed E-state index contributed by atoms with van der Waals surface area (Å²) in [6.07, 6.45) is 1.86. The highest BCUT2D eigenvalue weighted by molar-refractivity contribution is 5.76. The summed E-state index contributed by atoms with van der Waals surface area (Å²) >= 11 is 0. The maximum Gasteiger partial charge on any atom is 0.306 e. The van der Waals surface area contributed by atoms with Crippen LogP contribution in [0.25, 0.3) is 5.69 Å². The highest BCUT2D eigenvalue weighted by atomic mass is 16.5. The van der Waals surface area contributed by atoms with Crippen LogP contribution in [0.5, 0.6) is 0 Å². The molecule has 1 aromatic carbocycles. The van der Waals surface area contributed by atoms with Gasteiger partial charge in [-0.3, -0.25) is 14.2 Å². The van der Waals surface area contributed by atoms with Gasteiger partial charge in [0.15, 0.2) is 0 Å². The summed E-state index contributed by atoms with van der Waals surface area (Å²) in [5, 5.41) is 16.9. The Morgan fingerprint density at radius 3 is 2.84 bits per heavy atom. The highest BCUT2D eigenvalue weighted by Gasteiger charge is 2.26. The van der Waals surface area contributed by atoms with E-state index in [0.29, 0.717) is 32.5 Å². The van der Waals surface area contributed by atoms with Crippen LogP contribution >= 0.6 is 0 Å². The first-order valence-electron chi connectivity index (χ1n) is 8.19. The van der Waals surface area contributed by atoms with E-state index in [2.05, 4.69) is 10.2 Å². The van der Waals surface area contributed by atoms with Gasteiger partial charge in [-0.25, -0.2) is 0 Å². The van der Waals surface area contributed by atoms with Crippen molar-refractivity contribution in [2.75, 3.05) is 19.7 Å². The molecule has 3 rings (SSSR count). The van der Waals surface area contributed by atoms with Gasteiger partial charge >= 0.3 is 5.97 Å². The van der Waals surface area contributed by atoms with Gasteiger partial charge < -0.3 is 14.7 Å². The summed E-state index contributed by atoms with van der Waals surface area (Å²) in [5.74, 6) is -0.230. The number of amides is 1. The smallest absolute Gasteiger partial charge is 0.306 e. The maximum absolute atomic E-state index is 12.4. The Hall–Kier alpha value is -2.74. The van der Waals surface area contributed by atoms with Gasteiger partial charge in [-0.2, -0.15) is 0 Å². The largest absolute Gasteiger partial charge is 0.481 e. The lowest BCUT2D eigenvalue weighted by Gasteiger charge is -2.32. The van der Waals surface area contributed by atoms with Gasteiger partial charge in [0, 0.05) is 31.6 Å². The molecule has 8 heteroatoms. The summed E-state index contributed by atoms with van der Waals surface area (Å²) in [5.41, 5.74) is 0.947. The van der Waals surface area contributed by atoms with Crippen LogP contribution in [-0.2, 0) is 20.7 Å². The number of aliphatic carboxylic acids is 1. The van der Waals surface area contributed by atoms with Gasteiger partial charge in [-0.1, -0.05) is 18.2 Å². The highest BCUT2D eigenvalue weighted by Crippen LogP contribution is 2.13. The molecule has 1 fully saturated rings. The second-order valence-corrected chi connectivity index (χ2v) is 5.88. The van der Waals surface area contributed by atoms with Crippen LogP contribution in [-0.4, -0.2) is 62.4 Å². The van der Waals surface area contributed by atoms with E-state index in [9.17, 15) is 9.59 Å². The van der Waals surface area contributed by atoms with Crippen LogP contribution in [0.4, 0.5) is 0 Å². The van der Waals surface area contributed by atoms with Crippen LogP contribution in [0.15, 0.2) is 36.7 Å². The molecule has 8 nitrogen and oxygen atoms in total. The molecule has 1 aromatic heterocycles. The Morgan fingerprint density at radius 1 is 1.28 bits per heavy atom. The number of carbonyl (C=O) groups excluding carboxylic acids is 1. The fourth-order valence-electron chi connectivity index (χ4n) is 2.87. The number of nitrogens with zero attached hydrogens (tertiary/aromatic N) is 4. The van der Waals surface area contributed by atoms with Crippen molar-refractivity contribution in [1.29, 1.82) is 0 Å². The quantitative estimate of drug-likeness (QED) is 0.836. The number of aromatic nitrogens is 3. The fourth-order valence-corrected chi connectivity index (χ4v) is 2.87. The number of morpholine rings is 1. The second-order valence-electron chi connectivity index (χ2n) is 5.88. The molecule has 0 unspecified atom stereocenters. The molecule has 1 aliphatic heterocycles. The number of hydrogen-bond donors (Lipinski definition) is 1. The van der Waals surface area contributed by atoms with Crippen molar-refractivity contribution in [1.82, 2.24) is 19.7 Å². The van der Waals surface area contributed by atoms with Gasteiger partial charge in [-0.05, 0) is 12.1 Å². The standard InChI is InChI=1S/C17H20N4O4/c22-16(20-8-9-25-14(11-20)10-17(23)24)7-6-15-19-18-12-21(15)13-4-2-1-3-5-13/h1-5,12,14H,6-11H2,(H,23,24)/t14-/m0/s1. The number of ether oxygens (including phenoxy) is 1. The molecule has 1 amide bonds. The minimum absolute atomic E-state index is 0.0266. The Morgan fingerprint density at radius 2 is 2.08 bits per heavy atom. The third kappa shape index (κ3) is 4.42. The molecule has 0 radical (unpaired) electrons. The van der Waals surface area contributed by atoms with E-state index in [0.717, 1.165) is 11.5 Å². The Balaban J connectivity index is 1.58. The van der Waals surface area contributed by atoms with Crippen LogP contribution in [0.3, 0.4) is 0 Å². The summed E-state index contributed by atoms with van der Waals surface area (Å²) in [6.45, 7) is 1.17. The predicted molar refractivity (Wildman–Crippen MR) is 88.3 cm³/mol. The van der Waals surface area contributed by atoms with Crippen molar-refractivity contribution in [3.8, 4) is 5.69 Å². The molecule has 25 heavy (non-hydrogen) atoms. The Bertz CT molecular complexity index is 731. The Kier molecular flexibility index (Phi) is 5.39. The molecule has 0 bridgehead atoms. The monoisotopic (exact) mass is 344 g/mol. The van der Waals surface area contributed by atoms with Gasteiger partial charge in [0.2, 0.25) is 5.91 Å². The first-order valence-corrected chi connectivity index (χ1v) is 8.19. The molecular weight excluding hydrogens is 324 g/mol. The lowest BCUT2D eigenvalue weighted by molar-refractivity contribution is -0.147. The molecule has 1 saturated heterocycles. The number of aryl methyl sites for hydroxylation is 1. The van der Waals surface area contributed by atoms with E-state index in [4.69, 9.17) is 9.84 Å². The lowest BCUT2D eigenvalue weighted by Crippen LogP contribution is -2.46. The molecule has 0 aliphatic carbocycles. The molecule has 0 spiro atoms. The number of hydrogen-bond acceptors (Lipinski definition) is 5. The van der Waals surface area contributed by atoms with Gasteiger partial charge in [-0.15, -0.1) is 10.2 Å². The number of para-hydroxylation sites is 1. The van der Waals surface area contributed by atoms with Crippen molar-refractivity contribution in [2.45, 2.75) is 25.4 Å². The molecule has 0 saturated carbocycles. The molecule has 1 atom stereocenters. The number of rotatable bonds is 6.